The van der Waals surface area contributed by atoms with Gasteiger partial charge in [0.25, 0.3) is 0 Å². The van der Waals surface area contributed by atoms with Gasteiger partial charge in [-0.2, -0.15) is 0 Å². The van der Waals surface area contributed by atoms with Crippen LogP contribution >= 0.6 is 0 Å². The second-order valence-electron chi connectivity index (χ2n) is 20.0. The number of Topliss-reactive ketones (excluding diaryl/α,β-unsaturated/α-hetero) is 1. The maximum absolute atomic E-state index is 13.9. The Labute approximate surface area is 323 Å². The van der Waals surface area contributed by atoms with Gasteiger partial charge < -0.3 is 15.7 Å². The number of allylic oxidation sites excluding steroid dienone is 3. The highest BCUT2D eigenvalue weighted by atomic mass is 16.4. The maximum Gasteiger partial charge on any atom is 0.306 e. The molecule has 5 nitrogen and oxygen atoms in total. The first-order chi connectivity index (χ1) is 25.1. The Kier molecular flexibility index (Phi) is 12.0. The Hall–Kier alpha value is -2.24. The van der Waals surface area contributed by atoms with E-state index in [0.717, 1.165) is 50.6 Å². The van der Waals surface area contributed by atoms with Crippen molar-refractivity contribution in [1.29, 1.82) is 0 Å². The molecule has 0 heterocycles. The lowest BCUT2D eigenvalue weighted by Crippen LogP contribution is -2.60. The highest BCUT2D eigenvalue weighted by molar-refractivity contribution is 6.00. The summed E-state index contributed by atoms with van der Waals surface area (Å²) in [6.45, 7) is 23.2. The van der Waals surface area contributed by atoms with Crippen molar-refractivity contribution in [3.8, 4) is 0 Å². The van der Waals surface area contributed by atoms with Gasteiger partial charge in [0.05, 0.1) is 5.92 Å². The van der Waals surface area contributed by atoms with Crippen LogP contribution in [0, 0.1) is 82.3 Å². The van der Waals surface area contributed by atoms with Crippen LogP contribution in [0.1, 0.15) is 130 Å². The number of rotatable bonds is 10. The Morgan fingerprint density at radius 2 is 1.57 bits per heavy atom. The van der Waals surface area contributed by atoms with Crippen molar-refractivity contribution >= 4 is 11.8 Å². The number of carboxylic acids is 1. The maximum atomic E-state index is 13.9. The predicted octanol–water partition coefficient (Wildman–Crippen LogP) is 10.4. The number of carbonyl (C=O) groups is 2. The van der Waals surface area contributed by atoms with Gasteiger partial charge in [-0.25, -0.2) is 0 Å². The van der Waals surface area contributed by atoms with Gasteiger partial charge in [0.1, 0.15) is 0 Å². The van der Waals surface area contributed by atoms with E-state index in [0.29, 0.717) is 52.1 Å². The number of benzene rings is 1. The van der Waals surface area contributed by atoms with Gasteiger partial charge in [-0.05, 0) is 173 Å². The molecule has 3 N–H and O–H groups in total. The van der Waals surface area contributed by atoms with Crippen molar-refractivity contribution in [3.05, 3.63) is 58.7 Å². The highest BCUT2D eigenvalue weighted by Crippen LogP contribution is 2.72. The molecule has 6 aliphatic rings. The number of fused-ring (bicyclic) bond motifs is 7. The lowest BCUT2D eigenvalue weighted by Gasteiger charge is -2.67. The van der Waals surface area contributed by atoms with Crippen molar-refractivity contribution in [2.24, 2.45) is 75.4 Å². The Morgan fingerprint density at radius 3 is 2.21 bits per heavy atom. The molecule has 0 radical (unpaired) electrons. The molecule has 0 amide bonds. The van der Waals surface area contributed by atoms with Gasteiger partial charge in [0.15, 0.2) is 5.78 Å². The molecule has 0 bridgehead atoms. The van der Waals surface area contributed by atoms with E-state index in [1.54, 1.807) is 5.57 Å². The van der Waals surface area contributed by atoms with Crippen LogP contribution in [0.2, 0.25) is 0 Å². The predicted molar refractivity (Wildman–Crippen MR) is 218 cm³/mol. The Balaban J connectivity index is 0.00000155. The van der Waals surface area contributed by atoms with E-state index in [9.17, 15) is 14.7 Å². The summed E-state index contributed by atoms with van der Waals surface area (Å²) in [7, 11) is 3.75. The summed E-state index contributed by atoms with van der Waals surface area (Å²) in [4.78, 5) is 25.5. The van der Waals surface area contributed by atoms with Gasteiger partial charge in [0.2, 0.25) is 0 Å². The Morgan fingerprint density at radius 1 is 0.925 bits per heavy atom. The van der Waals surface area contributed by atoms with E-state index < -0.39 is 5.97 Å². The van der Waals surface area contributed by atoms with Gasteiger partial charge >= 0.3 is 5.97 Å². The third-order valence-corrected chi connectivity index (χ3v) is 16.9. The van der Waals surface area contributed by atoms with Crippen LogP contribution in [-0.4, -0.2) is 37.5 Å². The van der Waals surface area contributed by atoms with Crippen LogP contribution in [0.15, 0.2) is 47.6 Å². The second kappa shape index (κ2) is 15.7. The minimum absolute atomic E-state index is 0.0554. The molecule has 12 unspecified atom stereocenters. The van der Waals surface area contributed by atoms with Crippen LogP contribution in [-0.2, 0) is 16.1 Å². The van der Waals surface area contributed by atoms with Gasteiger partial charge in [-0.3, -0.25) is 9.59 Å². The summed E-state index contributed by atoms with van der Waals surface area (Å²) < 4.78 is 0. The molecule has 0 spiro atoms. The number of carbonyl (C=O) groups excluding carboxylic acids is 1. The topological polar surface area (TPSA) is 78.4 Å². The smallest absolute Gasteiger partial charge is 0.306 e. The van der Waals surface area contributed by atoms with E-state index in [2.05, 4.69) is 89.9 Å². The summed E-state index contributed by atoms with van der Waals surface area (Å²) in [6.07, 6.45) is 14.0. The summed E-state index contributed by atoms with van der Waals surface area (Å²) >= 11 is 0. The van der Waals surface area contributed by atoms with Gasteiger partial charge in [-0.15, -0.1) is 0 Å². The van der Waals surface area contributed by atoms with Crippen LogP contribution in [0.25, 0.3) is 0 Å². The van der Waals surface area contributed by atoms with Crippen molar-refractivity contribution in [2.75, 3.05) is 20.6 Å². The average molecular weight is 727 g/mol. The third-order valence-electron chi connectivity index (χ3n) is 16.9. The molecular formula is C48H74N2O3. The van der Waals surface area contributed by atoms with Crippen molar-refractivity contribution in [3.63, 3.8) is 0 Å². The van der Waals surface area contributed by atoms with Crippen LogP contribution in [0.4, 0.5) is 0 Å². The highest BCUT2D eigenvalue weighted by Gasteiger charge is 2.64. The zero-order valence-corrected chi connectivity index (χ0v) is 35.0. The molecule has 53 heavy (non-hydrogen) atoms. The minimum Gasteiger partial charge on any atom is -0.481 e. The van der Waals surface area contributed by atoms with Crippen molar-refractivity contribution in [1.82, 2.24) is 10.6 Å². The number of hydrogen-bond donors (Lipinski definition) is 3. The minimum atomic E-state index is -0.630. The number of hydrogen-bond acceptors (Lipinski definition) is 4. The molecule has 0 saturated heterocycles. The van der Waals surface area contributed by atoms with Crippen LogP contribution < -0.4 is 10.6 Å². The molecule has 7 rings (SSSR count). The van der Waals surface area contributed by atoms with E-state index in [1.165, 1.54) is 73.6 Å². The van der Waals surface area contributed by atoms with Crippen LogP contribution in [0.5, 0.6) is 0 Å². The van der Waals surface area contributed by atoms with Crippen LogP contribution in [0.3, 0.4) is 0 Å². The van der Waals surface area contributed by atoms with E-state index in [4.69, 9.17) is 0 Å². The number of nitrogens with one attached hydrogen (secondary N) is 2. The normalized spacial score (nSPS) is 40.3. The summed E-state index contributed by atoms with van der Waals surface area (Å²) in [6, 6.07) is 8.87. The monoisotopic (exact) mass is 727 g/mol. The molecule has 1 aromatic rings. The fourth-order valence-corrected chi connectivity index (χ4v) is 14.1. The zero-order valence-electron chi connectivity index (χ0n) is 35.0. The molecule has 6 aliphatic carbocycles. The number of ketones is 1. The molecule has 294 valence electrons. The molecule has 12 atom stereocenters. The fraction of sp³-hybridized carbons (Fsp3) is 0.750. The van der Waals surface area contributed by atoms with Crippen molar-refractivity contribution in [2.45, 2.75) is 132 Å². The first kappa shape index (κ1) is 40.4. The van der Waals surface area contributed by atoms with Gasteiger partial charge in [0, 0.05) is 18.4 Å². The third kappa shape index (κ3) is 7.18. The summed E-state index contributed by atoms with van der Waals surface area (Å²) in [5.41, 5.74) is 7.60. The standard InChI is InChI=1S/C46H67NO3.C2H7N/c1-27(2)41-39(48)25-46(21-22-47-26-32-11-9-28(3)10-12-32)20-17-38-34(42(41)46)13-14-40-44(7)18-15-33(30(5)37(44)16-19-45(38,40)8)23-29(4)35-24-36(31(35)6)43(49)50;1-3-2/h9-12,27,30-31,33-38,40,47H,4,13-26H2,1-3,5-8H3,(H,49,50);3H,1-2H3. The first-order valence-electron chi connectivity index (χ1n) is 21.6. The first-order valence-corrected chi connectivity index (χ1v) is 21.6. The van der Waals surface area contributed by atoms with E-state index in [1.807, 2.05) is 14.1 Å². The molecule has 1 aromatic carbocycles. The SMILES string of the molecule is C=C(CC1CCC2(C)C(CCC3(C)C4CCC5(CCNCc6ccc(C)cc6)CC(=O)C(C(C)C)=C5C4CCC32)C1C)C1CC(C(=O)O)C1C.CNC. The molecule has 0 aliphatic heterocycles. The van der Waals surface area contributed by atoms with E-state index >= 15 is 0 Å². The number of aryl methyl sites for hydroxylation is 1. The average Bonchev–Trinajstić information content (AvgIpc) is 3.40. The number of aliphatic carboxylic acids is 1. The summed E-state index contributed by atoms with van der Waals surface area (Å²) in [5, 5.41) is 16.1. The molecular weight excluding hydrogens is 653 g/mol. The van der Waals surface area contributed by atoms with Gasteiger partial charge in [-0.1, -0.05) is 89.1 Å². The number of carboxylic acid groups (broad SMARTS) is 1. The fourth-order valence-electron chi connectivity index (χ4n) is 14.1. The molecule has 0 aromatic heterocycles. The quantitative estimate of drug-likeness (QED) is 0.165. The molecule has 5 fully saturated rings. The largest absolute Gasteiger partial charge is 0.481 e. The summed E-state index contributed by atoms with van der Waals surface area (Å²) in [5.74, 6) is 4.70. The molecule has 5 heteroatoms. The second-order valence-corrected chi connectivity index (χ2v) is 20.0. The zero-order chi connectivity index (χ0) is 38.5. The molecule has 5 saturated carbocycles. The lowest BCUT2D eigenvalue weighted by molar-refractivity contribution is -0.170. The van der Waals surface area contributed by atoms with Crippen molar-refractivity contribution < 1.29 is 14.7 Å². The van der Waals surface area contributed by atoms with E-state index in [-0.39, 0.29) is 17.3 Å². The lowest BCUT2D eigenvalue weighted by atomic mass is 9.37. The Bertz CT molecular complexity index is 1540.